The van der Waals surface area contributed by atoms with Crippen molar-refractivity contribution in [1.29, 1.82) is 0 Å². The molecule has 2 heterocycles. The molecule has 49 heavy (non-hydrogen) atoms. The second-order valence-electron chi connectivity index (χ2n) is 19.1. The van der Waals surface area contributed by atoms with Gasteiger partial charge in [-0.3, -0.25) is 9.59 Å². The number of carbonyl (C=O) groups excluding carboxylic acids is 2. The molecule has 3 saturated carbocycles. The Morgan fingerprint density at radius 3 is 2.00 bits per heavy atom. The van der Waals surface area contributed by atoms with Gasteiger partial charge in [0.25, 0.3) is 0 Å². The average molecular weight is 691 g/mol. The standard InChI is InChI=1S/C39H66N2O8/c1-25(2)31-16-39-13-10-33-37(3,11-9-12-38(33,4)36(45)49-22-28(43)18-41(7,8)20-30-24-47-30)34(39)15-26(31)14-32(39)35(44)48-21-27(42)17-40(5,6)19-29-23-46-29/h16,25-30,32-34,42-43H,9-15,17-24H2,1-8H3/q+2/t26?,27?,28?,29?,30?,32?,33-,34-,37+,38-,39?/m1/s1. The van der Waals surface area contributed by atoms with E-state index >= 15 is 0 Å². The molecule has 278 valence electrons. The lowest BCUT2D eigenvalue weighted by Gasteiger charge is -2.68. The maximum absolute atomic E-state index is 14.1. The first-order valence-electron chi connectivity index (χ1n) is 19.2. The minimum Gasteiger partial charge on any atom is -0.462 e. The summed E-state index contributed by atoms with van der Waals surface area (Å²) in [5.41, 5.74) is 0.394. The molecule has 11 atom stereocenters. The molecule has 5 fully saturated rings. The van der Waals surface area contributed by atoms with Gasteiger partial charge in [0, 0.05) is 5.41 Å². The van der Waals surface area contributed by atoms with Crippen molar-refractivity contribution in [2.24, 2.45) is 45.8 Å². The Kier molecular flexibility index (Phi) is 10.2. The Morgan fingerprint density at radius 1 is 0.878 bits per heavy atom. The number of epoxide rings is 2. The molecule has 0 aromatic rings. The molecule has 0 amide bonds. The molecule has 10 heteroatoms. The van der Waals surface area contributed by atoms with Crippen molar-refractivity contribution >= 4 is 11.9 Å². The lowest BCUT2D eigenvalue weighted by molar-refractivity contribution is -0.893. The van der Waals surface area contributed by atoms with Crippen LogP contribution in [0.5, 0.6) is 0 Å². The largest absolute Gasteiger partial charge is 0.462 e. The van der Waals surface area contributed by atoms with Crippen LogP contribution in [0.3, 0.4) is 0 Å². The molecule has 10 nitrogen and oxygen atoms in total. The number of nitrogens with zero attached hydrogens (tertiary/aromatic N) is 2. The van der Waals surface area contributed by atoms with Gasteiger partial charge in [-0.2, -0.15) is 0 Å². The molecule has 1 spiro atoms. The average Bonchev–Trinajstić information content (AvgIpc) is 3.95. The smallest absolute Gasteiger partial charge is 0.312 e. The molecule has 2 saturated heterocycles. The summed E-state index contributed by atoms with van der Waals surface area (Å²) in [7, 11) is 8.31. The molecule has 0 radical (unpaired) electrons. The SMILES string of the molecule is CC(C)C1=CC23CC[C@@H]4[C@](C)(CCC[C@@]4(C)C(=O)OCC(O)C[N+](C)(C)CC4CO4)[C@H]2CC1CC3C(=O)OCC(O)C[N+](C)(C)CC1CO1. The lowest BCUT2D eigenvalue weighted by atomic mass is 9.36. The number of fused-ring (bicyclic) bond motifs is 2. The van der Waals surface area contributed by atoms with Crippen LogP contribution in [-0.4, -0.2) is 136 Å². The third-order valence-electron chi connectivity index (χ3n) is 13.7. The second-order valence-corrected chi connectivity index (χ2v) is 19.1. The van der Waals surface area contributed by atoms with E-state index in [1.807, 2.05) is 0 Å². The van der Waals surface area contributed by atoms with Gasteiger partial charge in [-0.25, -0.2) is 0 Å². The Labute approximate surface area is 294 Å². The van der Waals surface area contributed by atoms with Gasteiger partial charge in [0.15, 0.2) is 0 Å². The molecular weight excluding hydrogens is 624 g/mol. The lowest BCUT2D eigenvalue weighted by Crippen LogP contribution is -2.64. The molecule has 0 aromatic heterocycles. The summed E-state index contributed by atoms with van der Waals surface area (Å²) in [6, 6.07) is 0. The van der Waals surface area contributed by atoms with E-state index in [2.05, 4.69) is 62.0 Å². The molecular formula is C39H66N2O8+2. The first-order valence-corrected chi connectivity index (χ1v) is 19.2. The van der Waals surface area contributed by atoms with Crippen LogP contribution in [0.4, 0.5) is 0 Å². The zero-order chi connectivity index (χ0) is 35.6. The van der Waals surface area contributed by atoms with E-state index in [4.69, 9.17) is 18.9 Å². The number of hydrogen-bond donors (Lipinski definition) is 2. The minimum absolute atomic E-state index is 0.00513. The number of rotatable bonds is 15. The molecule has 0 aromatic carbocycles. The zero-order valence-corrected chi connectivity index (χ0v) is 31.6. The van der Waals surface area contributed by atoms with Crippen LogP contribution in [-0.2, 0) is 28.5 Å². The van der Waals surface area contributed by atoms with E-state index in [0.717, 1.165) is 71.2 Å². The molecule has 7 unspecified atom stereocenters. The van der Waals surface area contributed by atoms with Crippen molar-refractivity contribution in [3.63, 3.8) is 0 Å². The van der Waals surface area contributed by atoms with Gasteiger partial charge in [0.2, 0.25) is 0 Å². The van der Waals surface area contributed by atoms with Crippen molar-refractivity contribution in [2.75, 3.05) is 80.8 Å². The fourth-order valence-electron chi connectivity index (χ4n) is 11.6. The van der Waals surface area contributed by atoms with Crippen molar-refractivity contribution in [1.82, 2.24) is 0 Å². The van der Waals surface area contributed by atoms with E-state index in [-0.39, 0.29) is 65.9 Å². The van der Waals surface area contributed by atoms with Crippen molar-refractivity contribution < 1.29 is 47.7 Å². The van der Waals surface area contributed by atoms with Crippen LogP contribution in [0.1, 0.15) is 72.6 Å². The number of aliphatic hydroxyl groups is 2. The van der Waals surface area contributed by atoms with Crippen LogP contribution in [0.15, 0.2) is 11.6 Å². The predicted octanol–water partition coefficient (Wildman–Crippen LogP) is 3.58. The highest BCUT2D eigenvalue weighted by atomic mass is 16.6. The van der Waals surface area contributed by atoms with Crippen LogP contribution in [0.25, 0.3) is 0 Å². The summed E-state index contributed by atoms with van der Waals surface area (Å²) >= 11 is 0. The number of hydrogen-bond acceptors (Lipinski definition) is 8. The van der Waals surface area contributed by atoms with Gasteiger partial charge < -0.3 is 38.1 Å². The highest BCUT2D eigenvalue weighted by Crippen LogP contribution is 2.72. The van der Waals surface area contributed by atoms with Crippen molar-refractivity contribution in [2.45, 2.75) is 97.1 Å². The number of likely N-dealkylation sites (N-methyl/N-ethyl adjacent to an activating group) is 2. The predicted molar refractivity (Wildman–Crippen MR) is 185 cm³/mol. The molecule has 2 aliphatic heterocycles. The first kappa shape index (κ1) is 37.2. The number of ether oxygens (including phenoxy) is 4. The maximum atomic E-state index is 14.1. The summed E-state index contributed by atoms with van der Waals surface area (Å²) in [5, 5.41) is 21.8. The van der Waals surface area contributed by atoms with Gasteiger partial charge in [0.1, 0.15) is 63.8 Å². The van der Waals surface area contributed by atoms with E-state index in [1.54, 1.807) is 0 Å². The highest BCUT2D eigenvalue weighted by Gasteiger charge is 2.68. The summed E-state index contributed by atoms with van der Waals surface area (Å²) in [6.07, 6.45) is 7.83. The van der Waals surface area contributed by atoms with Gasteiger partial charge in [-0.1, -0.05) is 38.8 Å². The Hall–Kier alpha value is -1.56. The Balaban J connectivity index is 1.15. The van der Waals surface area contributed by atoms with Crippen molar-refractivity contribution in [3.8, 4) is 0 Å². The molecule has 2 bridgehead atoms. The highest BCUT2D eigenvalue weighted by molar-refractivity contribution is 5.78. The normalized spacial score (nSPS) is 39.4. The minimum atomic E-state index is -0.734. The second kappa shape index (κ2) is 13.4. The van der Waals surface area contributed by atoms with E-state index in [1.165, 1.54) is 5.57 Å². The first-order chi connectivity index (χ1) is 22.9. The van der Waals surface area contributed by atoms with Crippen molar-refractivity contribution in [3.05, 3.63) is 11.6 Å². The van der Waals surface area contributed by atoms with Crippen LogP contribution in [0.2, 0.25) is 0 Å². The molecule has 5 aliphatic carbocycles. The van der Waals surface area contributed by atoms with Crippen LogP contribution >= 0.6 is 0 Å². The number of esters is 2. The fourth-order valence-corrected chi connectivity index (χ4v) is 11.6. The molecule has 7 rings (SSSR count). The molecule has 7 aliphatic rings. The monoisotopic (exact) mass is 690 g/mol. The summed E-state index contributed by atoms with van der Waals surface area (Å²) in [6.45, 7) is 13.3. The Bertz CT molecular complexity index is 1280. The Morgan fingerprint density at radius 2 is 1.45 bits per heavy atom. The summed E-state index contributed by atoms with van der Waals surface area (Å²) in [5.74, 6) is 0.525. The topological polar surface area (TPSA) is 118 Å². The number of aliphatic hydroxyl groups excluding tert-OH is 2. The number of allylic oxidation sites excluding steroid dienone is 2. The van der Waals surface area contributed by atoms with Gasteiger partial charge in [-0.15, -0.1) is 0 Å². The number of quaternary nitrogens is 2. The number of carbonyl (C=O) groups is 2. The van der Waals surface area contributed by atoms with Gasteiger partial charge >= 0.3 is 11.9 Å². The summed E-state index contributed by atoms with van der Waals surface area (Å²) < 4.78 is 24.0. The maximum Gasteiger partial charge on any atom is 0.312 e. The van der Waals surface area contributed by atoms with E-state index in [0.29, 0.717) is 33.9 Å². The van der Waals surface area contributed by atoms with Gasteiger partial charge in [0.05, 0.1) is 52.7 Å². The van der Waals surface area contributed by atoms with Crippen LogP contribution < -0.4 is 0 Å². The summed E-state index contributed by atoms with van der Waals surface area (Å²) in [4.78, 5) is 28.1. The third-order valence-corrected chi connectivity index (χ3v) is 13.7. The fraction of sp³-hybridized carbons (Fsp3) is 0.897. The van der Waals surface area contributed by atoms with E-state index in [9.17, 15) is 19.8 Å². The quantitative estimate of drug-likeness (QED) is 0.116. The van der Waals surface area contributed by atoms with E-state index < -0.39 is 17.6 Å². The van der Waals surface area contributed by atoms with Gasteiger partial charge in [-0.05, 0) is 74.5 Å². The van der Waals surface area contributed by atoms with Crippen LogP contribution in [0, 0.1) is 45.8 Å². The zero-order valence-electron chi connectivity index (χ0n) is 31.6. The third kappa shape index (κ3) is 7.66. The molecule has 2 N–H and O–H groups in total.